The van der Waals surface area contributed by atoms with Crippen molar-refractivity contribution in [2.24, 2.45) is 0 Å². The first-order valence-corrected chi connectivity index (χ1v) is 8.69. The maximum Gasteiger partial charge on any atom is 0.0874 e. The summed E-state index contributed by atoms with van der Waals surface area (Å²) in [5.41, 5.74) is 0. The summed E-state index contributed by atoms with van der Waals surface area (Å²) in [5.74, 6) is 0. The molecule has 3 nitrogen and oxygen atoms in total. The van der Waals surface area contributed by atoms with E-state index < -0.39 is 32.4 Å². The van der Waals surface area contributed by atoms with Crippen LogP contribution in [0.15, 0.2) is 66.9 Å². The van der Waals surface area contributed by atoms with E-state index >= 15 is 0 Å². The maximum atomic E-state index is 12.3. The Morgan fingerprint density at radius 3 is 1.39 bits per heavy atom. The summed E-state index contributed by atoms with van der Waals surface area (Å²) < 4.78 is 35.7. The third-order valence-corrected chi connectivity index (χ3v) is 6.76. The minimum Gasteiger partial charge on any atom is -0.250 e. The molecule has 3 rings (SSSR count). The van der Waals surface area contributed by atoms with Crippen molar-refractivity contribution in [3.63, 3.8) is 0 Å². The number of hydrogen-bond donors (Lipinski definition) is 0. The van der Waals surface area contributed by atoms with Crippen molar-refractivity contribution in [1.82, 2.24) is 0 Å². The van der Waals surface area contributed by atoms with E-state index in [0.29, 0.717) is 19.6 Å². The summed E-state index contributed by atoms with van der Waals surface area (Å²) in [6.45, 7) is 0. The molecule has 0 radical (unpaired) electrons. The molecule has 0 fully saturated rings. The quantitative estimate of drug-likeness (QED) is 0.781. The van der Waals surface area contributed by atoms with Gasteiger partial charge in [0.1, 0.15) is 0 Å². The minimum atomic E-state index is -1.40. The molecule has 0 aromatic carbocycles. The molecule has 6 heteroatoms. The molecule has 0 bridgehead atoms. The van der Waals surface area contributed by atoms with E-state index in [1.54, 1.807) is 47.3 Å². The van der Waals surface area contributed by atoms with Gasteiger partial charge in [0, 0.05) is 10.8 Å². The molecule has 3 heterocycles. The summed E-state index contributed by atoms with van der Waals surface area (Å²) in [7, 11) is -3.84. The highest BCUT2D eigenvalue weighted by atomic mass is 32.2. The lowest BCUT2D eigenvalue weighted by atomic mass is 10.3. The lowest BCUT2D eigenvalue weighted by Gasteiger charge is -2.06. The van der Waals surface area contributed by atoms with Crippen LogP contribution in [0.5, 0.6) is 0 Å². The van der Waals surface area contributed by atoms with E-state index in [2.05, 4.69) is 0 Å². The van der Waals surface area contributed by atoms with Crippen LogP contribution in [0.2, 0.25) is 0 Å². The predicted molar refractivity (Wildman–Crippen MR) is 75.0 cm³/mol. The van der Waals surface area contributed by atoms with E-state index in [1.165, 1.54) is 0 Å². The zero-order chi connectivity index (χ0) is 12.7. The first kappa shape index (κ1) is 12.0. The molecule has 92 valence electrons. The fourth-order valence-corrected chi connectivity index (χ4v) is 5.54. The Morgan fingerprint density at radius 1 is 0.611 bits per heavy atom. The number of rotatable bonds is 2. The van der Waals surface area contributed by atoms with Crippen LogP contribution in [0.4, 0.5) is 0 Å². The van der Waals surface area contributed by atoms with Gasteiger partial charge in [-0.05, 0) is 24.3 Å². The Bertz CT molecular complexity index is 629. The lowest BCUT2D eigenvalue weighted by molar-refractivity contribution is 0.688. The summed E-state index contributed by atoms with van der Waals surface area (Å²) in [6.07, 6.45) is 10.2. The molecule has 0 spiro atoms. The highest BCUT2D eigenvalue weighted by Gasteiger charge is 2.29. The van der Waals surface area contributed by atoms with Crippen LogP contribution in [0, 0.1) is 0 Å². The minimum absolute atomic E-state index is 0.540. The van der Waals surface area contributed by atoms with E-state index in [9.17, 15) is 12.6 Å². The van der Waals surface area contributed by atoms with Crippen LogP contribution in [0.25, 0.3) is 0 Å². The zero-order valence-electron chi connectivity index (χ0n) is 9.07. The van der Waals surface area contributed by atoms with Crippen molar-refractivity contribution in [3.05, 3.63) is 66.9 Å². The normalized spacial score (nSPS) is 33.4. The van der Waals surface area contributed by atoms with Gasteiger partial charge in [-0.15, -0.1) is 0 Å². The van der Waals surface area contributed by atoms with Crippen LogP contribution in [0.3, 0.4) is 0 Å². The van der Waals surface area contributed by atoms with Crippen LogP contribution in [0.1, 0.15) is 0 Å². The smallest absolute Gasteiger partial charge is 0.0874 e. The van der Waals surface area contributed by atoms with Crippen LogP contribution >= 0.6 is 0 Å². The van der Waals surface area contributed by atoms with Gasteiger partial charge in [-0.3, -0.25) is 0 Å². The van der Waals surface area contributed by atoms with Crippen molar-refractivity contribution < 1.29 is 12.6 Å². The average Bonchev–Trinajstić information content (AvgIpc) is 3.01. The molecule has 2 atom stereocenters. The molecule has 3 aliphatic rings. The van der Waals surface area contributed by atoms with Gasteiger partial charge < -0.3 is 0 Å². The third kappa shape index (κ3) is 1.81. The monoisotopic (exact) mass is 296 g/mol. The Morgan fingerprint density at radius 2 is 1.06 bits per heavy atom. The summed E-state index contributed by atoms with van der Waals surface area (Å²) in [6, 6.07) is 0. The van der Waals surface area contributed by atoms with Gasteiger partial charge in [0.2, 0.25) is 0 Å². The van der Waals surface area contributed by atoms with E-state index in [-0.39, 0.29) is 0 Å². The van der Waals surface area contributed by atoms with Gasteiger partial charge in [0.15, 0.2) is 0 Å². The SMILES string of the molecule is O=S1C=CC=C1C1=CC=C(C2=CC=CS2=O)S1=O. The molecule has 0 aromatic heterocycles. The summed E-state index contributed by atoms with van der Waals surface area (Å²) >= 11 is 0. The third-order valence-electron chi connectivity index (χ3n) is 2.60. The molecule has 0 amide bonds. The molecule has 0 aromatic rings. The van der Waals surface area contributed by atoms with Crippen molar-refractivity contribution >= 4 is 32.4 Å². The van der Waals surface area contributed by atoms with Crippen molar-refractivity contribution in [2.75, 3.05) is 0 Å². The molecule has 0 N–H and O–H groups in total. The lowest BCUT2D eigenvalue weighted by Crippen LogP contribution is -2.02. The van der Waals surface area contributed by atoms with Crippen LogP contribution < -0.4 is 0 Å². The van der Waals surface area contributed by atoms with Crippen LogP contribution in [-0.2, 0) is 32.4 Å². The summed E-state index contributed by atoms with van der Waals surface area (Å²) in [4.78, 5) is 2.21. The molecule has 2 unspecified atom stereocenters. The van der Waals surface area contributed by atoms with Crippen LogP contribution in [-0.4, -0.2) is 12.6 Å². The Kier molecular flexibility index (Phi) is 3.01. The second kappa shape index (κ2) is 4.53. The maximum absolute atomic E-state index is 12.3. The van der Waals surface area contributed by atoms with Gasteiger partial charge in [-0.25, -0.2) is 12.6 Å². The van der Waals surface area contributed by atoms with Gasteiger partial charge in [-0.2, -0.15) is 0 Å². The fraction of sp³-hybridized carbons (Fsp3) is 0. The number of allylic oxidation sites excluding steroid dienone is 6. The molecule has 0 saturated carbocycles. The Labute approximate surface area is 112 Å². The van der Waals surface area contributed by atoms with Gasteiger partial charge >= 0.3 is 0 Å². The second-order valence-electron chi connectivity index (χ2n) is 3.64. The number of hydrogen-bond acceptors (Lipinski definition) is 3. The molecular formula is C12H8O3S3. The Balaban J connectivity index is 1.89. The largest absolute Gasteiger partial charge is 0.250 e. The fourth-order valence-electron chi connectivity index (χ4n) is 1.78. The molecule has 18 heavy (non-hydrogen) atoms. The standard InChI is InChI=1S/C12H8O3S3/c13-16-7-1-3-9(16)11-5-6-12(18(11)15)10-4-2-8-17(10)14/h1-8H. The second-order valence-corrected chi connectivity index (χ2v) is 7.68. The summed E-state index contributed by atoms with van der Waals surface area (Å²) in [5, 5.41) is 3.11. The topological polar surface area (TPSA) is 51.2 Å². The van der Waals surface area contributed by atoms with E-state index in [0.717, 1.165) is 0 Å². The van der Waals surface area contributed by atoms with Crippen molar-refractivity contribution in [2.45, 2.75) is 0 Å². The molecule has 3 aliphatic heterocycles. The first-order valence-electron chi connectivity index (χ1n) is 5.11. The van der Waals surface area contributed by atoms with Crippen molar-refractivity contribution in [3.8, 4) is 0 Å². The van der Waals surface area contributed by atoms with Crippen molar-refractivity contribution in [1.29, 1.82) is 0 Å². The predicted octanol–water partition coefficient (Wildman–Crippen LogP) is 1.84. The van der Waals surface area contributed by atoms with Gasteiger partial charge in [0.25, 0.3) is 0 Å². The van der Waals surface area contributed by atoms with Gasteiger partial charge in [0.05, 0.1) is 52.0 Å². The van der Waals surface area contributed by atoms with Gasteiger partial charge in [-0.1, -0.05) is 12.2 Å². The first-order chi connectivity index (χ1) is 8.68. The highest BCUT2D eigenvalue weighted by Crippen LogP contribution is 2.35. The Hall–Kier alpha value is -1.11. The highest BCUT2D eigenvalue weighted by molar-refractivity contribution is 8.00. The van der Waals surface area contributed by atoms with E-state index in [1.807, 2.05) is 0 Å². The van der Waals surface area contributed by atoms with E-state index in [4.69, 9.17) is 0 Å². The molecular weight excluding hydrogens is 288 g/mol. The molecule has 0 aliphatic carbocycles. The zero-order valence-corrected chi connectivity index (χ0v) is 11.5. The molecule has 0 saturated heterocycles. The average molecular weight is 296 g/mol.